The fourth-order valence-electron chi connectivity index (χ4n) is 7.04. The van der Waals surface area contributed by atoms with Gasteiger partial charge in [-0.05, 0) is 98.7 Å². The molecule has 3 aliphatic rings. The summed E-state index contributed by atoms with van der Waals surface area (Å²) >= 11 is 0. The van der Waals surface area contributed by atoms with Gasteiger partial charge in [-0.25, -0.2) is 4.90 Å². The number of carbonyl (C=O) groups excluding carboxylic acids is 2. The molecule has 42 heavy (non-hydrogen) atoms. The normalized spacial score (nSPS) is 24.4. The second-order valence-electron chi connectivity index (χ2n) is 12.2. The molecule has 2 aromatic carbocycles. The summed E-state index contributed by atoms with van der Waals surface area (Å²) < 4.78 is 6.11. The highest BCUT2D eigenvalue weighted by molar-refractivity contribution is 6.43. The maximum Gasteiger partial charge on any atom is 0.455 e. The van der Waals surface area contributed by atoms with Crippen LogP contribution >= 0.6 is 0 Å². The third-order valence-electron chi connectivity index (χ3n) is 8.97. The van der Waals surface area contributed by atoms with Crippen molar-refractivity contribution in [3.8, 4) is 5.75 Å². The van der Waals surface area contributed by atoms with Crippen LogP contribution in [0.25, 0.3) is 6.08 Å². The highest BCUT2D eigenvalue weighted by Crippen LogP contribution is 2.52. The van der Waals surface area contributed by atoms with Gasteiger partial charge < -0.3 is 14.8 Å². The van der Waals surface area contributed by atoms with Gasteiger partial charge in [0.05, 0.1) is 28.6 Å². The van der Waals surface area contributed by atoms with Gasteiger partial charge in [-0.1, -0.05) is 37.1 Å². The van der Waals surface area contributed by atoms with Crippen LogP contribution in [0.2, 0.25) is 6.32 Å². The van der Waals surface area contributed by atoms with E-state index in [9.17, 15) is 29.8 Å². The zero-order chi connectivity index (χ0) is 30.5. The first-order valence-corrected chi connectivity index (χ1v) is 14.5. The van der Waals surface area contributed by atoms with Crippen LogP contribution in [-0.2, 0) is 14.2 Å². The third kappa shape index (κ3) is 5.41. The van der Waals surface area contributed by atoms with E-state index in [1.807, 2.05) is 32.9 Å². The summed E-state index contributed by atoms with van der Waals surface area (Å²) in [6, 6.07) is 9.50. The smallest absolute Gasteiger partial charge is 0.455 e. The molecule has 9 nitrogen and oxygen atoms in total. The van der Waals surface area contributed by atoms with E-state index >= 15 is 0 Å². The van der Waals surface area contributed by atoms with E-state index < -0.39 is 30.0 Å². The molecule has 2 saturated heterocycles. The minimum absolute atomic E-state index is 0.110. The van der Waals surface area contributed by atoms with Crippen LogP contribution in [0, 0.1) is 47.6 Å². The summed E-state index contributed by atoms with van der Waals surface area (Å²) in [5.41, 5.74) is 5.86. The molecule has 0 unspecified atom stereocenters. The summed E-state index contributed by atoms with van der Waals surface area (Å²) in [6.45, 7) is 9.93. The number of nitro benzene ring substituents is 1. The Balaban J connectivity index is 1.44. The number of allylic oxidation sites excluding steroid dienone is 2. The Morgan fingerprint density at radius 2 is 1.86 bits per heavy atom. The van der Waals surface area contributed by atoms with E-state index in [-0.39, 0.29) is 41.3 Å². The van der Waals surface area contributed by atoms with Gasteiger partial charge in [0.1, 0.15) is 5.75 Å². The molecule has 2 heterocycles. The Labute approximate surface area is 246 Å². The van der Waals surface area contributed by atoms with Crippen molar-refractivity contribution >= 4 is 36.4 Å². The highest BCUT2D eigenvalue weighted by atomic mass is 16.6. The molecule has 2 N–H and O–H groups in total. The van der Waals surface area contributed by atoms with Crippen molar-refractivity contribution in [1.29, 1.82) is 0 Å². The van der Waals surface area contributed by atoms with Gasteiger partial charge >= 0.3 is 7.12 Å². The molecule has 2 amide bonds. The molecule has 2 aromatic rings. The number of non-ortho nitro benzene ring substituents is 1. The molecule has 220 valence electrons. The second kappa shape index (κ2) is 11.5. The second-order valence-corrected chi connectivity index (χ2v) is 12.2. The van der Waals surface area contributed by atoms with Gasteiger partial charge in [0.2, 0.25) is 11.8 Å². The Morgan fingerprint density at radius 3 is 2.50 bits per heavy atom. The lowest BCUT2D eigenvalue weighted by Crippen LogP contribution is -2.46. The summed E-state index contributed by atoms with van der Waals surface area (Å²) in [4.78, 5) is 39.5. The zero-order valence-electron chi connectivity index (χ0n) is 24.7. The molecule has 0 saturated carbocycles. The Kier molecular flexibility index (Phi) is 8.14. The number of aromatic hydroxyl groups is 1. The molecule has 0 radical (unpaired) electrons. The summed E-state index contributed by atoms with van der Waals surface area (Å²) in [6.07, 6.45) is 3.61. The number of imide groups is 1. The van der Waals surface area contributed by atoms with Gasteiger partial charge in [0, 0.05) is 12.1 Å². The molecule has 5 rings (SSSR count). The van der Waals surface area contributed by atoms with Crippen molar-refractivity contribution in [2.24, 2.45) is 23.7 Å². The van der Waals surface area contributed by atoms with Crippen molar-refractivity contribution in [3.63, 3.8) is 0 Å². The van der Waals surface area contributed by atoms with E-state index in [4.69, 9.17) is 4.65 Å². The first-order chi connectivity index (χ1) is 19.9. The predicted octanol–water partition coefficient (Wildman–Crippen LogP) is 5.76. The standard InChI is InChI=1S/C32H37BN2O7/c1-17(2)24-15-25-29(32(38)34(31(25)37)22-7-6-8-23(14-22)35(40)41)26-16-33(39)42-27(28(24)26)10-9-18(3)11-21-12-19(4)30(36)20(5)13-21/h6-8,11-14,17,25-27,29,36,39H,9-10,15-16H2,1-5H3/b18-11+/t25-,26+,27-,29-/m1/s1. The number of phenolic OH excluding ortho intramolecular Hbond substituents is 1. The summed E-state index contributed by atoms with van der Waals surface area (Å²) in [7, 11) is -1.07. The highest BCUT2D eigenvalue weighted by Gasteiger charge is 2.57. The van der Waals surface area contributed by atoms with Gasteiger partial charge in [0.25, 0.3) is 5.69 Å². The number of hydrogen-bond acceptors (Lipinski definition) is 7. The van der Waals surface area contributed by atoms with Crippen LogP contribution in [0.4, 0.5) is 11.4 Å². The number of aryl methyl sites for hydroxylation is 2. The van der Waals surface area contributed by atoms with Crippen molar-refractivity contribution < 1.29 is 29.3 Å². The van der Waals surface area contributed by atoms with Crippen LogP contribution < -0.4 is 4.90 Å². The number of anilines is 1. The van der Waals surface area contributed by atoms with Crippen molar-refractivity contribution in [2.45, 2.75) is 66.3 Å². The predicted molar refractivity (Wildman–Crippen MR) is 161 cm³/mol. The van der Waals surface area contributed by atoms with Gasteiger partial charge in [-0.3, -0.25) is 19.7 Å². The number of nitro groups is 1. The Bertz CT molecular complexity index is 1490. The largest absolute Gasteiger partial charge is 0.507 e. The number of benzene rings is 2. The molecule has 0 aromatic heterocycles. The maximum absolute atomic E-state index is 13.9. The average Bonchev–Trinajstić information content (AvgIpc) is 3.19. The number of phenols is 1. The average molecular weight is 572 g/mol. The fourth-order valence-corrected chi connectivity index (χ4v) is 7.04. The third-order valence-corrected chi connectivity index (χ3v) is 8.97. The molecule has 10 heteroatoms. The van der Waals surface area contributed by atoms with E-state index in [0.717, 1.165) is 38.3 Å². The number of hydrogen-bond donors (Lipinski definition) is 2. The van der Waals surface area contributed by atoms with E-state index in [2.05, 4.69) is 19.9 Å². The van der Waals surface area contributed by atoms with Crippen molar-refractivity contribution in [3.05, 3.63) is 79.9 Å². The quantitative estimate of drug-likeness (QED) is 0.142. The summed E-state index contributed by atoms with van der Waals surface area (Å²) in [5, 5.41) is 32.3. The lowest BCUT2D eigenvalue weighted by molar-refractivity contribution is -0.384. The number of amides is 2. The molecule has 0 spiro atoms. The lowest BCUT2D eigenvalue weighted by atomic mass is 9.57. The van der Waals surface area contributed by atoms with Gasteiger partial charge in [-0.15, -0.1) is 0 Å². The number of fused-ring (bicyclic) bond motifs is 3. The van der Waals surface area contributed by atoms with Crippen molar-refractivity contribution in [2.75, 3.05) is 4.90 Å². The van der Waals surface area contributed by atoms with Crippen LogP contribution in [0.15, 0.2) is 53.1 Å². The molecule has 4 atom stereocenters. The van der Waals surface area contributed by atoms with Crippen molar-refractivity contribution in [1.82, 2.24) is 0 Å². The molecule has 1 aliphatic carbocycles. The van der Waals surface area contributed by atoms with Crippen LogP contribution in [0.3, 0.4) is 0 Å². The van der Waals surface area contributed by atoms with E-state index in [0.29, 0.717) is 25.0 Å². The molecule has 0 bridgehead atoms. The Morgan fingerprint density at radius 1 is 1.17 bits per heavy atom. The van der Waals surface area contributed by atoms with Crippen LogP contribution in [0.1, 0.15) is 56.7 Å². The maximum atomic E-state index is 13.9. The van der Waals surface area contributed by atoms with Gasteiger partial charge in [-0.2, -0.15) is 0 Å². The van der Waals surface area contributed by atoms with Gasteiger partial charge in [0.15, 0.2) is 0 Å². The number of nitrogens with zero attached hydrogens (tertiary/aromatic N) is 2. The van der Waals surface area contributed by atoms with E-state index in [1.54, 1.807) is 6.07 Å². The number of carbonyl (C=O) groups is 2. The Hall–Kier alpha value is -3.76. The fraction of sp³-hybridized carbons (Fsp3) is 0.438. The van der Waals surface area contributed by atoms with Crippen LogP contribution in [0.5, 0.6) is 5.75 Å². The minimum atomic E-state index is -1.07. The summed E-state index contributed by atoms with van der Waals surface area (Å²) in [5.74, 6) is -1.92. The SMILES string of the molecule is C/C(=C\c1cc(C)c(O)c(C)c1)CC[C@H]1OB(O)C[C@H]2C1=C(C(C)C)C[C@H]1C(=O)N(c3cccc([N+](=O)[O-])c3)C(=O)[C@H]12. The number of rotatable bonds is 7. The molecular weight excluding hydrogens is 535 g/mol. The molecule has 2 aliphatic heterocycles. The topological polar surface area (TPSA) is 130 Å². The lowest BCUT2D eigenvalue weighted by Gasteiger charge is -2.44. The van der Waals surface area contributed by atoms with E-state index in [1.165, 1.54) is 18.2 Å². The van der Waals surface area contributed by atoms with Crippen LogP contribution in [-0.4, -0.2) is 40.1 Å². The first kappa shape index (κ1) is 29.7. The minimum Gasteiger partial charge on any atom is -0.507 e. The molecule has 2 fully saturated rings. The molecular formula is C32H37BN2O7. The first-order valence-electron chi connectivity index (χ1n) is 14.5. The monoisotopic (exact) mass is 572 g/mol. The zero-order valence-corrected chi connectivity index (χ0v) is 24.7.